The van der Waals surface area contributed by atoms with Gasteiger partial charge in [-0.25, -0.2) is 4.79 Å². The predicted molar refractivity (Wildman–Crippen MR) is 45.9 cm³/mol. The molecule has 1 fully saturated rings. The van der Waals surface area contributed by atoms with Gasteiger partial charge < -0.3 is 15.3 Å². The maximum Gasteiger partial charge on any atom is 0.317 e. The average Bonchev–Trinajstić information content (AvgIpc) is 1.80. The molecule has 0 spiro atoms. The Morgan fingerprint density at radius 1 is 1.58 bits per heavy atom. The maximum absolute atomic E-state index is 11.2. The third kappa shape index (κ3) is 2.11. The van der Waals surface area contributed by atoms with Crippen LogP contribution in [0.25, 0.3) is 0 Å². The molecule has 0 aromatic carbocycles. The second-order valence-electron chi connectivity index (χ2n) is 3.96. The number of hydrogen-bond donors (Lipinski definition) is 2. The van der Waals surface area contributed by atoms with Gasteiger partial charge in [-0.2, -0.15) is 0 Å². The summed E-state index contributed by atoms with van der Waals surface area (Å²) in [5.74, 6) is 0. The number of carbonyl (C=O) groups excluding carboxylic acids is 1. The van der Waals surface area contributed by atoms with E-state index >= 15 is 0 Å². The zero-order chi connectivity index (χ0) is 9.35. The summed E-state index contributed by atoms with van der Waals surface area (Å²) >= 11 is 0. The van der Waals surface area contributed by atoms with Crippen molar-refractivity contribution >= 4 is 6.03 Å². The molecule has 0 radical (unpaired) electrons. The summed E-state index contributed by atoms with van der Waals surface area (Å²) in [7, 11) is 0. The number of aliphatic hydroxyl groups is 1. The van der Waals surface area contributed by atoms with Crippen molar-refractivity contribution in [3.8, 4) is 0 Å². The minimum atomic E-state index is -0.672. The molecule has 1 saturated heterocycles. The molecule has 4 heteroatoms. The molecule has 0 aromatic rings. The highest BCUT2D eigenvalue weighted by molar-refractivity contribution is 5.75. The zero-order valence-electron chi connectivity index (χ0n) is 7.79. The van der Waals surface area contributed by atoms with Crippen molar-refractivity contribution in [3.63, 3.8) is 0 Å². The molecular formula is C8H16N2O2. The summed E-state index contributed by atoms with van der Waals surface area (Å²) in [4.78, 5) is 12.8. The lowest BCUT2D eigenvalue weighted by Crippen LogP contribution is -2.64. The number of nitrogens with one attached hydrogen (secondary N) is 1. The van der Waals surface area contributed by atoms with E-state index in [0.29, 0.717) is 13.1 Å². The van der Waals surface area contributed by atoms with Crippen molar-refractivity contribution in [2.75, 3.05) is 13.1 Å². The van der Waals surface area contributed by atoms with Gasteiger partial charge in [0.2, 0.25) is 0 Å². The minimum Gasteiger partial charge on any atom is -0.386 e. The molecule has 0 saturated carbocycles. The quantitative estimate of drug-likeness (QED) is 0.592. The lowest BCUT2D eigenvalue weighted by atomic mass is 9.98. The van der Waals surface area contributed by atoms with E-state index in [4.69, 9.17) is 0 Å². The van der Waals surface area contributed by atoms with Gasteiger partial charge in [-0.1, -0.05) is 0 Å². The molecule has 4 nitrogen and oxygen atoms in total. The van der Waals surface area contributed by atoms with Crippen molar-refractivity contribution in [1.29, 1.82) is 0 Å². The molecular weight excluding hydrogens is 156 g/mol. The summed E-state index contributed by atoms with van der Waals surface area (Å²) in [6, 6.07) is 0.0690. The van der Waals surface area contributed by atoms with E-state index in [1.54, 1.807) is 11.8 Å². The third-order valence-corrected chi connectivity index (χ3v) is 1.76. The number of hydrogen-bond acceptors (Lipinski definition) is 2. The fourth-order valence-corrected chi connectivity index (χ4v) is 1.26. The van der Waals surface area contributed by atoms with Crippen LogP contribution in [-0.4, -0.2) is 40.8 Å². The first kappa shape index (κ1) is 9.32. The van der Waals surface area contributed by atoms with Crippen molar-refractivity contribution in [2.45, 2.75) is 32.4 Å². The highest BCUT2D eigenvalue weighted by atomic mass is 16.3. The third-order valence-electron chi connectivity index (χ3n) is 1.76. The molecule has 2 N–H and O–H groups in total. The molecule has 0 atom stereocenters. The fraction of sp³-hybridized carbons (Fsp3) is 0.875. The molecule has 0 aromatic heterocycles. The number of urea groups is 1. The van der Waals surface area contributed by atoms with Crippen LogP contribution in [0.3, 0.4) is 0 Å². The maximum atomic E-state index is 11.2. The number of β-amino-alcohol motifs (C(OH)–C–C–N with tert-alkyl or cyclic N) is 1. The highest BCUT2D eigenvalue weighted by Crippen LogP contribution is 2.19. The Morgan fingerprint density at radius 2 is 2.08 bits per heavy atom. The topological polar surface area (TPSA) is 52.6 Å². The fourth-order valence-electron chi connectivity index (χ4n) is 1.26. The monoisotopic (exact) mass is 172 g/mol. The zero-order valence-corrected chi connectivity index (χ0v) is 7.79. The van der Waals surface area contributed by atoms with Gasteiger partial charge >= 0.3 is 6.03 Å². The van der Waals surface area contributed by atoms with E-state index in [1.807, 2.05) is 13.8 Å². The lowest BCUT2D eigenvalue weighted by Gasteiger charge is -2.44. The standard InChI is InChI=1S/C8H16N2O2/c1-6(2)9-7(11)10-4-8(3,12)5-10/h6,12H,4-5H2,1-3H3,(H,9,11). The summed E-state index contributed by atoms with van der Waals surface area (Å²) in [5.41, 5.74) is -0.672. The largest absolute Gasteiger partial charge is 0.386 e. The first-order chi connectivity index (χ1) is 5.41. The van der Waals surface area contributed by atoms with E-state index in [9.17, 15) is 9.90 Å². The number of carbonyl (C=O) groups is 1. The molecule has 0 bridgehead atoms. The van der Waals surface area contributed by atoms with Crippen LogP contribution in [-0.2, 0) is 0 Å². The van der Waals surface area contributed by atoms with Crippen LogP contribution in [0, 0.1) is 0 Å². The normalized spacial score (nSPS) is 20.6. The van der Waals surface area contributed by atoms with Gasteiger partial charge in [-0.05, 0) is 20.8 Å². The Balaban J connectivity index is 2.29. The summed E-state index contributed by atoms with van der Waals surface area (Å²) < 4.78 is 0. The lowest BCUT2D eigenvalue weighted by molar-refractivity contribution is -0.0609. The Morgan fingerprint density at radius 3 is 2.42 bits per heavy atom. The first-order valence-corrected chi connectivity index (χ1v) is 4.18. The van der Waals surface area contributed by atoms with Crippen molar-refractivity contribution in [3.05, 3.63) is 0 Å². The molecule has 12 heavy (non-hydrogen) atoms. The second-order valence-corrected chi connectivity index (χ2v) is 3.96. The summed E-state index contributed by atoms with van der Waals surface area (Å²) in [6.07, 6.45) is 0. The summed E-state index contributed by atoms with van der Waals surface area (Å²) in [5, 5.41) is 12.1. The molecule has 1 aliphatic heterocycles. The Labute approximate surface area is 72.6 Å². The number of nitrogens with zero attached hydrogens (tertiary/aromatic N) is 1. The van der Waals surface area contributed by atoms with Gasteiger partial charge in [-0.3, -0.25) is 0 Å². The van der Waals surface area contributed by atoms with Crippen LogP contribution < -0.4 is 5.32 Å². The smallest absolute Gasteiger partial charge is 0.317 e. The molecule has 1 aliphatic rings. The van der Waals surface area contributed by atoms with Gasteiger partial charge in [0.25, 0.3) is 0 Å². The van der Waals surface area contributed by atoms with Gasteiger partial charge in [0.1, 0.15) is 0 Å². The van der Waals surface area contributed by atoms with Crippen LogP contribution in [0.1, 0.15) is 20.8 Å². The Hall–Kier alpha value is -0.770. The van der Waals surface area contributed by atoms with Crippen LogP contribution in [0.4, 0.5) is 4.79 Å². The molecule has 0 aliphatic carbocycles. The van der Waals surface area contributed by atoms with Crippen LogP contribution in [0.5, 0.6) is 0 Å². The van der Waals surface area contributed by atoms with Crippen molar-refractivity contribution in [1.82, 2.24) is 10.2 Å². The van der Waals surface area contributed by atoms with Gasteiger partial charge in [0.05, 0.1) is 18.7 Å². The van der Waals surface area contributed by atoms with Crippen LogP contribution in [0.15, 0.2) is 0 Å². The molecule has 0 unspecified atom stereocenters. The van der Waals surface area contributed by atoms with E-state index in [-0.39, 0.29) is 12.1 Å². The second kappa shape index (κ2) is 2.94. The van der Waals surface area contributed by atoms with Gasteiger partial charge in [0, 0.05) is 6.04 Å². The van der Waals surface area contributed by atoms with Crippen molar-refractivity contribution in [2.24, 2.45) is 0 Å². The Kier molecular flexibility index (Phi) is 2.28. The van der Waals surface area contributed by atoms with E-state index in [1.165, 1.54) is 0 Å². The van der Waals surface area contributed by atoms with Gasteiger partial charge in [0.15, 0.2) is 0 Å². The van der Waals surface area contributed by atoms with E-state index < -0.39 is 5.60 Å². The molecule has 1 rings (SSSR count). The molecule has 70 valence electrons. The molecule has 2 amide bonds. The highest BCUT2D eigenvalue weighted by Gasteiger charge is 2.39. The number of likely N-dealkylation sites (tertiary alicyclic amines) is 1. The predicted octanol–water partition coefficient (Wildman–Crippen LogP) is 0.171. The first-order valence-electron chi connectivity index (χ1n) is 4.18. The average molecular weight is 172 g/mol. The van der Waals surface area contributed by atoms with E-state index in [2.05, 4.69) is 5.32 Å². The van der Waals surface area contributed by atoms with Crippen LogP contribution in [0.2, 0.25) is 0 Å². The van der Waals surface area contributed by atoms with Gasteiger partial charge in [-0.15, -0.1) is 0 Å². The number of rotatable bonds is 1. The minimum absolute atomic E-state index is 0.0866. The summed E-state index contributed by atoms with van der Waals surface area (Å²) in [6.45, 7) is 6.43. The Bertz CT molecular complexity index is 181. The van der Waals surface area contributed by atoms with Crippen molar-refractivity contribution < 1.29 is 9.90 Å². The SMILES string of the molecule is CC(C)NC(=O)N1CC(C)(O)C1. The number of amides is 2. The van der Waals surface area contributed by atoms with E-state index in [0.717, 1.165) is 0 Å². The molecule has 1 heterocycles. The van der Waals surface area contributed by atoms with Crippen LogP contribution >= 0.6 is 0 Å².